The first-order valence-electron chi connectivity index (χ1n) is 6.82. The molecule has 0 saturated carbocycles. The number of amides is 2. The lowest BCUT2D eigenvalue weighted by Crippen LogP contribution is -2.31. The molecule has 0 fully saturated rings. The summed E-state index contributed by atoms with van der Waals surface area (Å²) in [6.07, 6.45) is 0.831. The molecule has 4 nitrogen and oxygen atoms in total. The van der Waals surface area contributed by atoms with Gasteiger partial charge < -0.3 is 10.6 Å². The Labute approximate surface area is 128 Å². The summed E-state index contributed by atoms with van der Waals surface area (Å²) in [5, 5.41) is 7.72. The maximum absolute atomic E-state index is 12.0. The second-order valence-electron chi connectivity index (χ2n) is 4.71. The summed E-state index contributed by atoms with van der Waals surface area (Å²) in [6.45, 7) is 3.55. The minimum absolute atomic E-state index is 0.00902. The van der Waals surface area contributed by atoms with Crippen molar-refractivity contribution in [1.29, 1.82) is 0 Å². The van der Waals surface area contributed by atoms with Crippen molar-refractivity contribution in [2.75, 3.05) is 5.32 Å². The van der Waals surface area contributed by atoms with E-state index in [1.54, 1.807) is 35.6 Å². The van der Waals surface area contributed by atoms with E-state index < -0.39 is 0 Å². The number of carbonyl (C=O) groups is 2. The molecule has 2 aromatic rings. The van der Waals surface area contributed by atoms with E-state index in [1.165, 1.54) is 6.92 Å². The van der Waals surface area contributed by atoms with Crippen LogP contribution in [0.2, 0.25) is 0 Å². The number of thiophene rings is 1. The molecule has 1 aromatic heterocycles. The van der Waals surface area contributed by atoms with Crippen molar-refractivity contribution < 1.29 is 9.59 Å². The number of rotatable bonds is 5. The van der Waals surface area contributed by atoms with Gasteiger partial charge in [-0.15, -0.1) is 11.3 Å². The van der Waals surface area contributed by atoms with Crippen LogP contribution >= 0.6 is 11.3 Å². The topological polar surface area (TPSA) is 58.2 Å². The van der Waals surface area contributed by atoms with Crippen LogP contribution < -0.4 is 10.6 Å². The van der Waals surface area contributed by atoms with E-state index in [2.05, 4.69) is 10.6 Å². The molecular weight excluding hydrogens is 284 g/mol. The summed E-state index contributed by atoms with van der Waals surface area (Å²) in [4.78, 5) is 24.3. The van der Waals surface area contributed by atoms with E-state index in [0.717, 1.165) is 11.3 Å². The molecular formula is C16H18N2O2S. The molecule has 0 aliphatic rings. The number of hydrogen-bond donors (Lipinski definition) is 2. The quantitative estimate of drug-likeness (QED) is 0.812. The first kappa shape index (κ1) is 15.3. The average Bonchev–Trinajstić information content (AvgIpc) is 2.99. The zero-order valence-electron chi connectivity index (χ0n) is 12.1. The second-order valence-corrected chi connectivity index (χ2v) is 5.69. The van der Waals surface area contributed by atoms with Gasteiger partial charge in [-0.25, -0.2) is 4.79 Å². The summed E-state index contributed by atoms with van der Waals surface area (Å²) in [5.41, 5.74) is 1.30. The number of hydrogen-bond acceptors (Lipinski definition) is 3. The van der Waals surface area contributed by atoms with Crippen LogP contribution in [0.15, 0.2) is 41.8 Å². The molecule has 0 saturated heterocycles. The van der Waals surface area contributed by atoms with Crippen LogP contribution in [-0.2, 0) is 0 Å². The van der Waals surface area contributed by atoms with E-state index in [9.17, 15) is 9.59 Å². The second kappa shape index (κ2) is 7.04. The smallest absolute Gasteiger partial charge is 0.319 e. The van der Waals surface area contributed by atoms with Crippen LogP contribution in [0.3, 0.4) is 0 Å². The van der Waals surface area contributed by atoms with Gasteiger partial charge in [-0.2, -0.15) is 0 Å². The van der Waals surface area contributed by atoms with Crippen molar-refractivity contribution in [2.45, 2.75) is 26.3 Å². The molecule has 0 spiro atoms. The van der Waals surface area contributed by atoms with Gasteiger partial charge in [-0.05, 0) is 49.1 Å². The Morgan fingerprint density at radius 1 is 1.19 bits per heavy atom. The molecule has 0 aliphatic carbocycles. The van der Waals surface area contributed by atoms with Crippen molar-refractivity contribution in [3.63, 3.8) is 0 Å². The highest BCUT2D eigenvalue weighted by Gasteiger charge is 2.13. The number of Topliss-reactive ketones (excluding diaryl/α,β-unsaturated/α-hetero) is 1. The third-order valence-corrected chi connectivity index (χ3v) is 4.14. The first-order valence-corrected chi connectivity index (χ1v) is 7.70. The van der Waals surface area contributed by atoms with Crippen LogP contribution in [0.4, 0.5) is 10.5 Å². The molecule has 1 aromatic carbocycles. The fourth-order valence-electron chi connectivity index (χ4n) is 1.98. The largest absolute Gasteiger partial charge is 0.330 e. The standard InChI is InChI=1S/C16H18N2O2S/c1-3-14(15-5-4-10-21-15)18-16(20)17-13-8-6-12(7-9-13)11(2)19/h4-10,14H,3H2,1-2H3,(H2,17,18,20). The third kappa shape index (κ3) is 4.16. The van der Waals surface area contributed by atoms with Crippen LogP contribution in [0.25, 0.3) is 0 Å². The number of ketones is 1. The number of anilines is 1. The Morgan fingerprint density at radius 3 is 2.43 bits per heavy atom. The highest BCUT2D eigenvalue weighted by Crippen LogP contribution is 2.21. The van der Waals surface area contributed by atoms with Crippen molar-refractivity contribution in [3.8, 4) is 0 Å². The number of carbonyl (C=O) groups excluding carboxylic acids is 2. The van der Waals surface area contributed by atoms with Gasteiger partial charge in [0.15, 0.2) is 5.78 Å². The molecule has 5 heteroatoms. The zero-order chi connectivity index (χ0) is 15.2. The molecule has 0 bridgehead atoms. The van der Waals surface area contributed by atoms with Crippen molar-refractivity contribution >= 4 is 28.8 Å². The monoisotopic (exact) mass is 302 g/mol. The van der Waals surface area contributed by atoms with Crippen LogP contribution in [-0.4, -0.2) is 11.8 Å². The highest BCUT2D eigenvalue weighted by molar-refractivity contribution is 7.10. The van der Waals surface area contributed by atoms with Gasteiger partial charge in [0, 0.05) is 16.1 Å². The number of benzene rings is 1. The predicted octanol–water partition coefficient (Wildman–Crippen LogP) is 4.22. The maximum atomic E-state index is 12.0. The van der Waals surface area contributed by atoms with Gasteiger partial charge in [0.2, 0.25) is 0 Å². The third-order valence-electron chi connectivity index (χ3n) is 3.15. The minimum atomic E-state index is -0.245. The summed E-state index contributed by atoms with van der Waals surface area (Å²) in [5.74, 6) is 0.00902. The summed E-state index contributed by atoms with van der Waals surface area (Å²) in [6, 6.07) is 10.6. The van der Waals surface area contributed by atoms with Gasteiger partial charge >= 0.3 is 6.03 Å². The molecule has 1 unspecified atom stereocenters. The molecule has 1 atom stereocenters. The molecule has 110 valence electrons. The lowest BCUT2D eigenvalue weighted by molar-refractivity contribution is 0.101. The molecule has 2 amide bonds. The molecule has 21 heavy (non-hydrogen) atoms. The molecule has 0 radical (unpaired) electrons. The van der Waals surface area contributed by atoms with Crippen molar-refractivity contribution in [1.82, 2.24) is 5.32 Å². The normalized spacial score (nSPS) is 11.7. The van der Waals surface area contributed by atoms with Crippen LogP contribution in [0.5, 0.6) is 0 Å². The highest BCUT2D eigenvalue weighted by atomic mass is 32.1. The lowest BCUT2D eigenvalue weighted by atomic mass is 10.1. The maximum Gasteiger partial charge on any atom is 0.319 e. The molecule has 1 heterocycles. The van der Waals surface area contributed by atoms with Gasteiger partial charge in [0.05, 0.1) is 6.04 Å². The van der Waals surface area contributed by atoms with Crippen LogP contribution in [0, 0.1) is 0 Å². The fourth-order valence-corrected chi connectivity index (χ4v) is 2.84. The van der Waals surface area contributed by atoms with Crippen molar-refractivity contribution in [2.24, 2.45) is 0 Å². The average molecular weight is 302 g/mol. The van der Waals surface area contributed by atoms with E-state index >= 15 is 0 Å². The Morgan fingerprint density at radius 2 is 1.90 bits per heavy atom. The first-order chi connectivity index (χ1) is 10.1. The molecule has 2 N–H and O–H groups in total. The minimum Gasteiger partial charge on any atom is -0.330 e. The Bertz CT molecular complexity index is 606. The summed E-state index contributed by atoms with van der Waals surface area (Å²) in [7, 11) is 0. The van der Waals surface area contributed by atoms with E-state index in [4.69, 9.17) is 0 Å². The van der Waals surface area contributed by atoms with E-state index in [0.29, 0.717) is 11.3 Å². The van der Waals surface area contributed by atoms with Crippen LogP contribution in [0.1, 0.15) is 41.5 Å². The fraction of sp³-hybridized carbons (Fsp3) is 0.250. The number of urea groups is 1. The predicted molar refractivity (Wildman–Crippen MR) is 86.0 cm³/mol. The van der Waals surface area contributed by atoms with Gasteiger partial charge in [0.1, 0.15) is 0 Å². The van der Waals surface area contributed by atoms with Gasteiger partial charge in [-0.1, -0.05) is 13.0 Å². The van der Waals surface area contributed by atoms with Crippen molar-refractivity contribution in [3.05, 3.63) is 52.2 Å². The number of nitrogens with one attached hydrogen (secondary N) is 2. The Balaban J connectivity index is 1.96. The summed E-state index contributed by atoms with van der Waals surface area (Å²) < 4.78 is 0. The van der Waals surface area contributed by atoms with Gasteiger partial charge in [0.25, 0.3) is 0 Å². The van der Waals surface area contributed by atoms with E-state index in [1.807, 2.05) is 24.4 Å². The van der Waals surface area contributed by atoms with Gasteiger partial charge in [-0.3, -0.25) is 4.79 Å². The lowest BCUT2D eigenvalue weighted by Gasteiger charge is -2.16. The SMILES string of the molecule is CCC(NC(=O)Nc1ccc(C(C)=O)cc1)c1cccs1. The molecule has 0 aliphatic heterocycles. The zero-order valence-corrected chi connectivity index (χ0v) is 12.9. The van der Waals surface area contributed by atoms with E-state index in [-0.39, 0.29) is 17.9 Å². The Hall–Kier alpha value is -2.14. The summed E-state index contributed by atoms with van der Waals surface area (Å²) >= 11 is 1.63. The molecule has 2 rings (SSSR count). The Kier molecular flexibility index (Phi) is 5.11.